The predicted octanol–water partition coefficient (Wildman–Crippen LogP) is 7.10. The fourth-order valence-electron chi connectivity index (χ4n) is 2.65. The van der Waals surface area contributed by atoms with Crippen LogP contribution in [0, 0.1) is 5.92 Å². The Morgan fingerprint density at radius 2 is 1.63 bits per heavy atom. The van der Waals surface area contributed by atoms with Crippen LogP contribution in [0.3, 0.4) is 0 Å². The van der Waals surface area contributed by atoms with E-state index < -0.39 is 0 Å². The summed E-state index contributed by atoms with van der Waals surface area (Å²) in [7, 11) is 0. The van der Waals surface area contributed by atoms with Crippen LogP contribution in [-0.2, 0) is 0 Å². The van der Waals surface area contributed by atoms with Gasteiger partial charge < -0.3 is 10.1 Å². The lowest BCUT2D eigenvalue weighted by Crippen LogP contribution is -1.99. The summed E-state index contributed by atoms with van der Waals surface area (Å²) >= 11 is 0. The van der Waals surface area contributed by atoms with Gasteiger partial charge in [-0.15, -0.1) is 0 Å². The van der Waals surface area contributed by atoms with Gasteiger partial charge >= 0.3 is 0 Å². The smallest absolute Gasteiger partial charge is 0.150 e. The molecule has 0 spiro atoms. The van der Waals surface area contributed by atoms with E-state index in [0.29, 0.717) is 11.4 Å². The van der Waals surface area contributed by atoms with Crippen molar-refractivity contribution >= 4 is 27.9 Å². The largest absolute Gasteiger partial charge is 0.505 e. The standard InChI is InChI=1S/C17H12N2O.C5H12.C2H6/c1-10-11-6-2-4-8-13(11)18-15(10)16-17(20)12-7-3-5-9-14(12)19-16;1-4-5(2)3;1-2/h2-9,19-20H,1H2;5H,4H2,1-3H3;1-2H3. The van der Waals surface area contributed by atoms with Crippen LogP contribution in [0.15, 0.2) is 60.1 Å². The molecule has 4 rings (SSSR count). The predicted molar refractivity (Wildman–Crippen MR) is 118 cm³/mol. The Bertz CT molecular complexity index is 948. The first-order valence-electron chi connectivity index (χ1n) is 9.70. The third kappa shape index (κ3) is 4.30. The highest BCUT2D eigenvalue weighted by Crippen LogP contribution is 2.39. The van der Waals surface area contributed by atoms with Gasteiger partial charge in [-0.1, -0.05) is 78.0 Å². The van der Waals surface area contributed by atoms with Crippen LogP contribution in [0.2, 0.25) is 0 Å². The fourth-order valence-corrected chi connectivity index (χ4v) is 2.65. The second-order valence-corrected chi connectivity index (χ2v) is 6.65. The molecule has 0 saturated carbocycles. The maximum Gasteiger partial charge on any atom is 0.150 e. The van der Waals surface area contributed by atoms with Crippen LogP contribution in [0.1, 0.15) is 52.3 Å². The maximum atomic E-state index is 10.4. The third-order valence-electron chi connectivity index (χ3n) is 4.48. The van der Waals surface area contributed by atoms with Crippen LogP contribution in [-0.4, -0.2) is 15.8 Å². The topological polar surface area (TPSA) is 48.4 Å². The molecule has 142 valence electrons. The summed E-state index contributed by atoms with van der Waals surface area (Å²) in [5.41, 5.74) is 4.98. The summed E-state index contributed by atoms with van der Waals surface area (Å²) in [6.45, 7) is 14.7. The Morgan fingerprint density at radius 1 is 1.04 bits per heavy atom. The van der Waals surface area contributed by atoms with Gasteiger partial charge in [0.1, 0.15) is 5.69 Å². The summed E-state index contributed by atoms with van der Waals surface area (Å²) in [5, 5.41) is 11.2. The van der Waals surface area contributed by atoms with E-state index in [0.717, 1.165) is 33.6 Å². The van der Waals surface area contributed by atoms with Gasteiger partial charge in [0.15, 0.2) is 5.75 Å². The quantitative estimate of drug-likeness (QED) is 0.502. The van der Waals surface area contributed by atoms with E-state index in [9.17, 15) is 5.11 Å². The fraction of sp³-hybridized carbons (Fsp3) is 0.292. The molecular weight excluding hydrogens is 332 g/mol. The number of hydrogen-bond acceptors (Lipinski definition) is 2. The molecule has 2 aromatic carbocycles. The number of aliphatic imine (C=N–C) groups is 1. The van der Waals surface area contributed by atoms with Crippen LogP contribution < -0.4 is 0 Å². The zero-order valence-electron chi connectivity index (χ0n) is 17.0. The average Bonchev–Trinajstić information content (AvgIpc) is 3.21. The lowest BCUT2D eigenvalue weighted by molar-refractivity contribution is 0.480. The van der Waals surface area contributed by atoms with Gasteiger partial charge in [-0.25, -0.2) is 4.99 Å². The number of aromatic nitrogens is 1. The molecule has 0 fully saturated rings. The van der Waals surface area contributed by atoms with Gasteiger partial charge in [-0.3, -0.25) is 0 Å². The van der Waals surface area contributed by atoms with Gasteiger partial charge in [0.25, 0.3) is 0 Å². The number of fused-ring (bicyclic) bond motifs is 2. The number of hydrogen-bond donors (Lipinski definition) is 2. The van der Waals surface area contributed by atoms with Crippen molar-refractivity contribution in [1.29, 1.82) is 0 Å². The third-order valence-corrected chi connectivity index (χ3v) is 4.48. The minimum atomic E-state index is 0.230. The second-order valence-electron chi connectivity index (χ2n) is 6.65. The van der Waals surface area contributed by atoms with E-state index in [2.05, 4.69) is 37.3 Å². The maximum absolute atomic E-state index is 10.4. The molecule has 0 atom stereocenters. The Balaban J connectivity index is 0.000000327. The number of allylic oxidation sites excluding steroid dienone is 1. The van der Waals surface area contributed by atoms with E-state index >= 15 is 0 Å². The number of nitrogens with one attached hydrogen (secondary N) is 1. The summed E-state index contributed by atoms with van der Waals surface area (Å²) in [6.07, 6.45) is 1.31. The molecule has 0 aliphatic carbocycles. The number of aromatic hydroxyl groups is 1. The minimum Gasteiger partial charge on any atom is -0.505 e. The number of rotatable bonds is 2. The Kier molecular flexibility index (Phi) is 7.00. The van der Waals surface area contributed by atoms with E-state index in [1.165, 1.54) is 6.42 Å². The number of H-pyrrole nitrogens is 1. The summed E-state index contributed by atoms with van der Waals surface area (Å²) in [4.78, 5) is 7.81. The van der Waals surface area contributed by atoms with Crippen LogP contribution in [0.25, 0.3) is 16.5 Å². The van der Waals surface area contributed by atoms with Gasteiger partial charge in [-0.2, -0.15) is 0 Å². The molecular formula is C24H30N2O. The van der Waals surface area contributed by atoms with Crippen molar-refractivity contribution in [2.75, 3.05) is 0 Å². The molecule has 27 heavy (non-hydrogen) atoms. The van der Waals surface area contributed by atoms with Crippen molar-refractivity contribution in [3.63, 3.8) is 0 Å². The molecule has 1 aromatic heterocycles. The summed E-state index contributed by atoms with van der Waals surface area (Å²) < 4.78 is 0. The molecule has 0 unspecified atom stereocenters. The molecule has 3 heteroatoms. The van der Waals surface area contributed by atoms with E-state index in [1.54, 1.807) is 0 Å². The summed E-state index contributed by atoms with van der Waals surface area (Å²) in [5.74, 6) is 1.11. The van der Waals surface area contributed by atoms with E-state index in [-0.39, 0.29) is 5.75 Å². The van der Waals surface area contributed by atoms with Crippen LogP contribution >= 0.6 is 0 Å². The van der Waals surface area contributed by atoms with Gasteiger partial charge in [0.2, 0.25) is 0 Å². The van der Waals surface area contributed by atoms with E-state index in [4.69, 9.17) is 0 Å². The highest BCUT2D eigenvalue weighted by molar-refractivity contribution is 6.36. The van der Waals surface area contributed by atoms with Crippen molar-refractivity contribution in [2.45, 2.75) is 41.0 Å². The zero-order valence-corrected chi connectivity index (χ0v) is 17.0. The molecule has 0 amide bonds. The van der Waals surface area contributed by atoms with Crippen molar-refractivity contribution in [3.05, 3.63) is 66.4 Å². The molecule has 2 N–H and O–H groups in total. The lowest BCUT2D eigenvalue weighted by atomic mass is 10.0. The van der Waals surface area contributed by atoms with Crippen LogP contribution in [0.4, 0.5) is 5.69 Å². The molecule has 3 aromatic rings. The normalized spacial score (nSPS) is 12.1. The molecule has 0 radical (unpaired) electrons. The highest BCUT2D eigenvalue weighted by Gasteiger charge is 2.24. The van der Waals surface area contributed by atoms with Gasteiger partial charge in [-0.05, 0) is 24.1 Å². The highest BCUT2D eigenvalue weighted by atomic mass is 16.3. The molecule has 1 aliphatic heterocycles. The number of benzene rings is 2. The molecule has 3 nitrogen and oxygen atoms in total. The van der Waals surface area contributed by atoms with Crippen molar-refractivity contribution in [2.24, 2.45) is 10.9 Å². The molecule has 0 bridgehead atoms. The molecule has 2 heterocycles. The Labute approximate surface area is 162 Å². The first-order chi connectivity index (χ1) is 13.0. The minimum absolute atomic E-state index is 0.230. The zero-order chi connectivity index (χ0) is 20.0. The monoisotopic (exact) mass is 362 g/mol. The first-order valence-corrected chi connectivity index (χ1v) is 9.70. The SMILES string of the molecule is C=C1C(c2[nH]c3ccccc3c2O)=Nc2ccccc21.CC.CCC(C)C. The first kappa shape index (κ1) is 20.5. The average molecular weight is 363 g/mol. The van der Waals surface area contributed by atoms with Crippen molar-refractivity contribution in [3.8, 4) is 5.75 Å². The number of aromatic amines is 1. The number of para-hydroxylation sites is 2. The van der Waals surface area contributed by atoms with Gasteiger partial charge in [0, 0.05) is 22.0 Å². The Hall–Kier alpha value is -2.81. The van der Waals surface area contributed by atoms with E-state index in [1.807, 2.05) is 62.4 Å². The van der Waals surface area contributed by atoms with Gasteiger partial charge in [0.05, 0.1) is 11.4 Å². The summed E-state index contributed by atoms with van der Waals surface area (Å²) in [6, 6.07) is 15.5. The van der Waals surface area contributed by atoms with Crippen LogP contribution in [0.5, 0.6) is 5.75 Å². The Morgan fingerprint density at radius 3 is 2.22 bits per heavy atom. The van der Waals surface area contributed by atoms with Crippen molar-refractivity contribution < 1.29 is 5.11 Å². The lowest BCUT2D eigenvalue weighted by Gasteiger charge is -2.01. The molecule has 0 saturated heterocycles. The second kappa shape index (κ2) is 9.22. The van der Waals surface area contributed by atoms with Crippen molar-refractivity contribution in [1.82, 2.24) is 4.98 Å². The molecule has 1 aliphatic rings. The number of nitrogens with zero attached hydrogens (tertiary/aromatic N) is 1.